The number of nitrogens with zero attached hydrogens (tertiary/aromatic N) is 2. The number of carbonyl (C=O) groups is 1. The van der Waals surface area contributed by atoms with Gasteiger partial charge in [0, 0.05) is 18.0 Å². The molecule has 6 nitrogen and oxygen atoms in total. The van der Waals surface area contributed by atoms with Crippen LogP contribution in [0.5, 0.6) is 0 Å². The summed E-state index contributed by atoms with van der Waals surface area (Å²) >= 11 is 0. The number of hydrogen-bond acceptors (Lipinski definition) is 4. The number of aromatic nitrogens is 2. The highest BCUT2D eigenvalue weighted by molar-refractivity contribution is 7.90. The Morgan fingerprint density at radius 2 is 1.65 bits per heavy atom. The van der Waals surface area contributed by atoms with Crippen molar-refractivity contribution in [1.29, 1.82) is 0 Å². The lowest BCUT2D eigenvalue weighted by atomic mass is 10.1. The minimum absolute atomic E-state index is 0.123. The van der Waals surface area contributed by atoms with Crippen LogP contribution >= 0.6 is 0 Å². The molecule has 1 heterocycles. The molecule has 0 radical (unpaired) electrons. The molecule has 0 bridgehead atoms. The molecular formula is C16H12N2O4S. The summed E-state index contributed by atoms with van der Waals surface area (Å²) in [5.41, 5.74) is 0.636. The molecule has 3 aromatic rings. The van der Waals surface area contributed by atoms with Crippen LogP contribution in [0.1, 0.15) is 10.4 Å². The fraction of sp³-hybridized carbons (Fsp3) is 0. The van der Waals surface area contributed by atoms with Gasteiger partial charge in [0.05, 0.1) is 10.5 Å². The molecule has 23 heavy (non-hydrogen) atoms. The number of carboxylic acids is 1. The summed E-state index contributed by atoms with van der Waals surface area (Å²) in [6, 6.07) is 13.9. The van der Waals surface area contributed by atoms with Gasteiger partial charge in [-0.3, -0.25) is 0 Å². The highest BCUT2D eigenvalue weighted by Gasteiger charge is 2.20. The lowest BCUT2D eigenvalue weighted by molar-refractivity contribution is 0.0697. The summed E-state index contributed by atoms with van der Waals surface area (Å²) in [5.74, 6) is -0.817. The second-order valence-electron chi connectivity index (χ2n) is 4.75. The molecule has 7 heteroatoms. The Hall–Kier alpha value is -2.93. The van der Waals surface area contributed by atoms with E-state index in [1.807, 2.05) is 0 Å². The van der Waals surface area contributed by atoms with Crippen molar-refractivity contribution in [1.82, 2.24) is 8.96 Å². The van der Waals surface area contributed by atoms with Gasteiger partial charge in [-0.15, -0.1) is 0 Å². The van der Waals surface area contributed by atoms with Gasteiger partial charge in [-0.2, -0.15) is 0 Å². The van der Waals surface area contributed by atoms with Gasteiger partial charge in [-0.1, -0.05) is 30.3 Å². The van der Waals surface area contributed by atoms with Crippen molar-refractivity contribution in [3.8, 4) is 11.4 Å². The van der Waals surface area contributed by atoms with Crippen molar-refractivity contribution in [3.05, 3.63) is 72.6 Å². The summed E-state index contributed by atoms with van der Waals surface area (Å²) in [4.78, 5) is 15.1. The Balaban J connectivity index is 2.08. The van der Waals surface area contributed by atoms with Crippen LogP contribution in [-0.4, -0.2) is 28.5 Å². The first-order valence-electron chi connectivity index (χ1n) is 6.68. The van der Waals surface area contributed by atoms with Crippen molar-refractivity contribution in [2.45, 2.75) is 4.90 Å². The largest absolute Gasteiger partial charge is 0.478 e. The van der Waals surface area contributed by atoms with Gasteiger partial charge in [0.2, 0.25) is 0 Å². The molecule has 0 saturated carbocycles. The average Bonchev–Trinajstić information content (AvgIpc) is 3.06. The standard InChI is InChI=1S/C16H12N2O4S/c19-16(20)13-8-6-12(7-9-13)15-17-10-11-18(15)23(21,22)14-4-2-1-3-5-14/h1-11H,(H,19,20). The predicted molar refractivity (Wildman–Crippen MR) is 83.6 cm³/mol. The van der Waals surface area contributed by atoms with Gasteiger partial charge in [-0.05, 0) is 24.3 Å². The summed E-state index contributed by atoms with van der Waals surface area (Å²) in [5, 5.41) is 8.92. The maximum Gasteiger partial charge on any atom is 0.335 e. The van der Waals surface area contributed by atoms with E-state index in [0.717, 1.165) is 3.97 Å². The molecule has 2 aromatic carbocycles. The highest BCUT2D eigenvalue weighted by atomic mass is 32.2. The first kappa shape index (κ1) is 15.0. The molecule has 0 unspecified atom stereocenters. The van der Waals surface area contributed by atoms with E-state index in [1.165, 1.54) is 48.8 Å². The monoisotopic (exact) mass is 328 g/mol. The van der Waals surface area contributed by atoms with Crippen molar-refractivity contribution in [3.63, 3.8) is 0 Å². The lowest BCUT2D eigenvalue weighted by Crippen LogP contribution is -2.13. The average molecular weight is 328 g/mol. The van der Waals surface area contributed by atoms with Crippen LogP contribution in [0, 0.1) is 0 Å². The van der Waals surface area contributed by atoms with Gasteiger partial charge in [-0.25, -0.2) is 22.2 Å². The number of hydrogen-bond donors (Lipinski definition) is 1. The minimum atomic E-state index is -3.76. The minimum Gasteiger partial charge on any atom is -0.478 e. The second-order valence-corrected chi connectivity index (χ2v) is 6.56. The molecular weight excluding hydrogens is 316 g/mol. The van der Waals surface area contributed by atoms with Crippen LogP contribution < -0.4 is 0 Å². The third kappa shape index (κ3) is 2.74. The topological polar surface area (TPSA) is 89.3 Å². The number of carboxylic acid groups (broad SMARTS) is 1. The third-order valence-electron chi connectivity index (χ3n) is 3.30. The van der Waals surface area contributed by atoms with E-state index < -0.39 is 16.0 Å². The molecule has 0 saturated heterocycles. The molecule has 0 aliphatic rings. The second kappa shape index (κ2) is 5.69. The Kier molecular flexibility index (Phi) is 3.71. The maximum absolute atomic E-state index is 12.7. The number of imidazole rings is 1. The first-order valence-corrected chi connectivity index (χ1v) is 8.12. The number of rotatable bonds is 4. The molecule has 0 aliphatic heterocycles. The zero-order valence-corrected chi connectivity index (χ0v) is 12.6. The smallest absolute Gasteiger partial charge is 0.335 e. The molecule has 1 aromatic heterocycles. The van der Waals surface area contributed by atoms with Crippen molar-refractivity contribution >= 4 is 16.0 Å². The molecule has 116 valence electrons. The van der Waals surface area contributed by atoms with E-state index in [-0.39, 0.29) is 16.3 Å². The quantitative estimate of drug-likeness (QED) is 0.795. The summed E-state index contributed by atoms with van der Waals surface area (Å²) in [7, 11) is -3.76. The van der Waals surface area contributed by atoms with Gasteiger partial charge >= 0.3 is 5.97 Å². The zero-order chi connectivity index (χ0) is 16.4. The summed E-state index contributed by atoms with van der Waals surface area (Å²) < 4.78 is 26.5. The fourth-order valence-corrected chi connectivity index (χ4v) is 3.48. The van der Waals surface area contributed by atoms with Gasteiger partial charge in [0.15, 0.2) is 5.82 Å². The Labute approximate surface area is 132 Å². The van der Waals surface area contributed by atoms with E-state index in [4.69, 9.17) is 5.11 Å². The Morgan fingerprint density at radius 3 is 2.26 bits per heavy atom. The van der Waals surface area contributed by atoms with Gasteiger partial charge in [0.1, 0.15) is 0 Å². The van der Waals surface area contributed by atoms with Gasteiger partial charge in [0.25, 0.3) is 10.0 Å². The van der Waals surface area contributed by atoms with Crippen LogP contribution in [-0.2, 0) is 10.0 Å². The first-order chi connectivity index (χ1) is 11.0. The SMILES string of the molecule is O=C(O)c1ccc(-c2nccn2S(=O)(=O)c2ccccc2)cc1. The van der Waals surface area contributed by atoms with Gasteiger partial charge < -0.3 is 5.11 Å². The Morgan fingerprint density at radius 1 is 1.00 bits per heavy atom. The molecule has 1 N–H and O–H groups in total. The highest BCUT2D eigenvalue weighted by Crippen LogP contribution is 2.23. The van der Waals surface area contributed by atoms with Crippen molar-refractivity contribution in [2.75, 3.05) is 0 Å². The third-order valence-corrected chi connectivity index (χ3v) is 4.98. The Bertz CT molecular complexity index is 945. The van der Waals surface area contributed by atoms with Crippen LogP contribution in [0.25, 0.3) is 11.4 Å². The van der Waals surface area contributed by atoms with Crippen molar-refractivity contribution < 1.29 is 18.3 Å². The van der Waals surface area contributed by atoms with E-state index in [1.54, 1.807) is 18.2 Å². The van der Waals surface area contributed by atoms with E-state index in [0.29, 0.717) is 5.56 Å². The molecule has 0 atom stereocenters. The number of aromatic carboxylic acids is 1. The summed E-state index contributed by atoms with van der Waals surface area (Å²) in [6.45, 7) is 0. The van der Waals surface area contributed by atoms with E-state index in [2.05, 4.69) is 4.98 Å². The molecule has 3 rings (SSSR count). The zero-order valence-electron chi connectivity index (χ0n) is 11.8. The molecule has 0 amide bonds. The molecule has 0 spiro atoms. The summed E-state index contributed by atoms with van der Waals surface area (Å²) in [6.07, 6.45) is 2.75. The van der Waals surface area contributed by atoms with Crippen LogP contribution in [0.2, 0.25) is 0 Å². The predicted octanol–water partition coefficient (Wildman–Crippen LogP) is 2.49. The normalized spacial score (nSPS) is 11.3. The van der Waals surface area contributed by atoms with Crippen LogP contribution in [0.4, 0.5) is 0 Å². The van der Waals surface area contributed by atoms with E-state index in [9.17, 15) is 13.2 Å². The van der Waals surface area contributed by atoms with E-state index >= 15 is 0 Å². The van der Waals surface area contributed by atoms with Crippen molar-refractivity contribution in [2.24, 2.45) is 0 Å². The molecule has 0 fully saturated rings. The van der Waals surface area contributed by atoms with Crippen LogP contribution in [0.3, 0.4) is 0 Å². The van der Waals surface area contributed by atoms with Crippen LogP contribution in [0.15, 0.2) is 71.9 Å². The molecule has 0 aliphatic carbocycles. The fourth-order valence-electron chi connectivity index (χ4n) is 2.16. The number of benzene rings is 2. The maximum atomic E-state index is 12.7. The lowest BCUT2D eigenvalue weighted by Gasteiger charge is -2.09.